The highest BCUT2D eigenvalue weighted by atomic mass is 32.1. The van der Waals surface area contributed by atoms with Gasteiger partial charge >= 0.3 is 0 Å². The minimum absolute atomic E-state index is 0.121. The van der Waals surface area contributed by atoms with Crippen LogP contribution in [0.2, 0.25) is 0 Å². The maximum Gasteiger partial charge on any atom is 0.270 e. The lowest BCUT2D eigenvalue weighted by atomic mass is 10.2. The first kappa shape index (κ1) is 16.0. The summed E-state index contributed by atoms with van der Waals surface area (Å²) in [7, 11) is 1.61. The SMILES string of the molecule is COc1ccc(-c2nc(C(=O)NCCNC(C)=O)cs2)cc1. The van der Waals surface area contributed by atoms with Crippen LogP contribution in [0.15, 0.2) is 29.6 Å². The second-order valence-corrected chi connectivity index (χ2v) is 5.36. The summed E-state index contributed by atoms with van der Waals surface area (Å²) in [6.45, 7) is 2.20. The zero-order valence-corrected chi connectivity index (χ0v) is 13.2. The van der Waals surface area contributed by atoms with E-state index in [4.69, 9.17) is 4.74 Å². The van der Waals surface area contributed by atoms with Crippen LogP contribution in [0.1, 0.15) is 17.4 Å². The van der Waals surface area contributed by atoms with Crippen molar-refractivity contribution in [3.8, 4) is 16.3 Å². The van der Waals surface area contributed by atoms with Crippen molar-refractivity contribution in [1.29, 1.82) is 0 Å². The van der Waals surface area contributed by atoms with Crippen molar-refractivity contribution in [3.05, 3.63) is 35.3 Å². The molecule has 0 atom stereocenters. The molecule has 2 aromatic rings. The number of thiazole rings is 1. The molecule has 0 saturated heterocycles. The maximum atomic E-state index is 11.9. The van der Waals surface area contributed by atoms with Gasteiger partial charge in [0.25, 0.3) is 5.91 Å². The number of hydrogen-bond acceptors (Lipinski definition) is 5. The molecule has 116 valence electrons. The Labute approximate surface area is 132 Å². The van der Waals surface area contributed by atoms with Crippen LogP contribution < -0.4 is 15.4 Å². The average Bonchev–Trinajstić information content (AvgIpc) is 3.01. The number of rotatable bonds is 6. The van der Waals surface area contributed by atoms with Crippen LogP contribution in [0.25, 0.3) is 10.6 Å². The molecule has 7 heteroatoms. The third kappa shape index (κ3) is 4.29. The summed E-state index contributed by atoms with van der Waals surface area (Å²) in [5.74, 6) is 0.405. The summed E-state index contributed by atoms with van der Waals surface area (Å²) in [5, 5.41) is 7.81. The number of benzene rings is 1. The molecule has 6 nitrogen and oxygen atoms in total. The van der Waals surface area contributed by atoms with E-state index in [2.05, 4.69) is 15.6 Å². The highest BCUT2D eigenvalue weighted by molar-refractivity contribution is 7.13. The fourth-order valence-electron chi connectivity index (χ4n) is 1.75. The molecule has 0 aliphatic heterocycles. The summed E-state index contributed by atoms with van der Waals surface area (Å²) in [5.41, 5.74) is 1.31. The number of aromatic nitrogens is 1. The van der Waals surface area contributed by atoms with E-state index in [1.807, 2.05) is 24.3 Å². The summed E-state index contributed by atoms with van der Waals surface area (Å²) in [6.07, 6.45) is 0. The van der Waals surface area contributed by atoms with Crippen molar-refractivity contribution in [2.75, 3.05) is 20.2 Å². The van der Waals surface area contributed by atoms with Gasteiger partial charge in [-0.2, -0.15) is 0 Å². The molecular formula is C15H17N3O3S. The molecule has 2 rings (SSSR count). The summed E-state index contributed by atoms with van der Waals surface area (Å²) in [6, 6.07) is 7.50. The van der Waals surface area contributed by atoms with Gasteiger partial charge in [-0.25, -0.2) is 4.98 Å². The molecule has 1 aromatic carbocycles. The molecular weight excluding hydrogens is 302 g/mol. The van der Waals surface area contributed by atoms with Crippen LogP contribution in [0, 0.1) is 0 Å². The quantitative estimate of drug-likeness (QED) is 0.794. The van der Waals surface area contributed by atoms with E-state index >= 15 is 0 Å². The first-order valence-corrected chi connectivity index (χ1v) is 7.60. The summed E-state index contributed by atoms with van der Waals surface area (Å²) in [4.78, 5) is 27.0. The van der Waals surface area contributed by atoms with Crippen molar-refractivity contribution in [3.63, 3.8) is 0 Å². The molecule has 0 saturated carbocycles. The Morgan fingerprint density at radius 3 is 2.50 bits per heavy atom. The summed E-state index contributed by atoms with van der Waals surface area (Å²) < 4.78 is 5.11. The number of methoxy groups -OCH3 is 1. The number of hydrogen-bond donors (Lipinski definition) is 2. The zero-order chi connectivity index (χ0) is 15.9. The number of carbonyl (C=O) groups excluding carboxylic acids is 2. The number of ether oxygens (including phenoxy) is 1. The van der Waals surface area contributed by atoms with Gasteiger partial charge in [0.05, 0.1) is 7.11 Å². The first-order valence-electron chi connectivity index (χ1n) is 6.72. The van der Waals surface area contributed by atoms with Gasteiger partial charge in [0.15, 0.2) is 0 Å². The lowest BCUT2D eigenvalue weighted by molar-refractivity contribution is -0.118. The molecule has 2 amide bonds. The fourth-order valence-corrected chi connectivity index (χ4v) is 2.56. The van der Waals surface area contributed by atoms with Gasteiger partial charge < -0.3 is 15.4 Å². The van der Waals surface area contributed by atoms with Gasteiger partial charge in [0, 0.05) is 31.0 Å². The Hall–Kier alpha value is -2.41. The number of nitrogens with zero attached hydrogens (tertiary/aromatic N) is 1. The van der Waals surface area contributed by atoms with Gasteiger partial charge in [-0.15, -0.1) is 11.3 Å². The minimum atomic E-state index is -0.249. The largest absolute Gasteiger partial charge is 0.497 e. The molecule has 0 aliphatic rings. The second-order valence-electron chi connectivity index (χ2n) is 4.51. The van der Waals surface area contributed by atoms with Gasteiger partial charge in [-0.05, 0) is 24.3 Å². The topological polar surface area (TPSA) is 80.3 Å². The van der Waals surface area contributed by atoms with Crippen LogP contribution >= 0.6 is 11.3 Å². The standard InChI is InChI=1S/C15H17N3O3S/c1-10(19)16-7-8-17-14(20)13-9-22-15(18-13)11-3-5-12(21-2)6-4-11/h3-6,9H,7-8H2,1-2H3,(H,16,19)(H,17,20). The first-order chi connectivity index (χ1) is 10.6. The molecule has 1 heterocycles. The fraction of sp³-hybridized carbons (Fsp3) is 0.267. The normalized spacial score (nSPS) is 10.1. The maximum absolute atomic E-state index is 11.9. The zero-order valence-electron chi connectivity index (χ0n) is 12.4. The van der Waals surface area contributed by atoms with Gasteiger partial charge in [-0.3, -0.25) is 9.59 Å². The Bertz CT molecular complexity index is 652. The van der Waals surface area contributed by atoms with E-state index in [0.717, 1.165) is 16.3 Å². The highest BCUT2D eigenvalue weighted by Gasteiger charge is 2.11. The lowest BCUT2D eigenvalue weighted by Gasteiger charge is -2.03. The molecule has 0 radical (unpaired) electrons. The van der Waals surface area contributed by atoms with Crippen LogP contribution in [0.4, 0.5) is 0 Å². The Balaban J connectivity index is 1.95. The molecule has 2 N–H and O–H groups in total. The molecule has 0 bridgehead atoms. The monoisotopic (exact) mass is 319 g/mol. The third-order valence-electron chi connectivity index (χ3n) is 2.86. The summed E-state index contributed by atoms with van der Waals surface area (Å²) >= 11 is 1.41. The smallest absolute Gasteiger partial charge is 0.270 e. The predicted octanol–water partition coefficient (Wildman–Crippen LogP) is 1.68. The van der Waals surface area contributed by atoms with Crippen LogP contribution in [-0.2, 0) is 4.79 Å². The molecule has 22 heavy (non-hydrogen) atoms. The number of carbonyl (C=O) groups is 2. The van der Waals surface area contributed by atoms with Gasteiger partial charge in [0.1, 0.15) is 16.5 Å². The van der Waals surface area contributed by atoms with Crippen LogP contribution in [0.5, 0.6) is 5.75 Å². The molecule has 1 aromatic heterocycles. The van der Waals surface area contributed by atoms with Crippen molar-refractivity contribution in [2.45, 2.75) is 6.92 Å². The lowest BCUT2D eigenvalue weighted by Crippen LogP contribution is -2.33. The highest BCUT2D eigenvalue weighted by Crippen LogP contribution is 2.25. The van der Waals surface area contributed by atoms with Crippen molar-refractivity contribution in [1.82, 2.24) is 15.6 Å². The van der Waals surface area contributed by atoms with Crippen molar-refractivity contribution < 1.29 is 14.3 Å². The van der Waals surface area contributed by atoms with Crippen molar-refractivity contribution in [2.24, 2.45) is 0 Å². The van der Waals surface area contributed by atoms with E-state index in [1.54, 1.807) is 12.5 Å². The van der Waals surface area contributed by atoms with Gasteiger partial charge in [0.2, 0.25) is 5.91 Å². The van der Waals surface area contributed by atoms with Crippen LogP contribution in [-0.4, -0.2) is 37.0 Å². The molecule has 0 fully saturated rings. The second kappa shape index (κ2) is 7.56. The number of amides is 2. The third-order valence-corrected chi connectivity index (χ3v) is 3.75. The Kier molecular flexibility index (Phi) is 5.48. The van der Waals surface area contributed by atoms with E-state index in [9.17, 15) is 9.59 Å². The molecule has 0 spiro atoms. The average molecular weight is 319 g/mol. The Morgan fingerprint density at radius 1 is 1.18 bits per heavy atom. The van der Waals surface area contributed by atoms with Gasteiger partial charge in [-0.1, -0.05) is 0 Å². The predicted molar refractivity (Wildman–Crippen MR) is 85.1 cm³/mol. The minimum Gasteiger partial charge on any atom is -0.497 e. The van der Waals surface area contributed by atoms with E-state index in [0.29, 0.717) is 18.8 Å². The van der Waals surface area contributed by atoms with E-state index in [-0.39, 0.29) is 11.8 Å². The van der Waals surface area contributed by atoms with Crippen LogP contribution in [0.3, 0.4) is 0 Å². The number of nitrogens with one attached hydrogen (secondary N) is 2. The molecule has 0 unspecified atom stereocenters. The van der Waals surface area contributed by atoms with E-state index in [1.165, 1.54) is 18.3 Å². The van der Waals surface area contributed by atoms with Crippen molar-refractivity contribution >= 4 is 23.2 Å². The Morgan fingerprint density at radius 2 is 1.86 bits per heavy atom. The van der Waals surface area contributed by atoms with E-state index < -0.39 is 0 Å². The molecule has 0 aliphatic carbocycles.